The van der Waals surface area contributed by atoms with E-state index < -0.39 is 28.3 Å². The molecule has 152 valence electrons. The van der Waals surface area contributed by atoms with Gasteiger partial charge in [0.1, 0.15) is 18.2 Å². The number of carbonyl (C=O) groups is 1. The van der Waals surface area contributed by atoms with Crippen LogP contribution in [0.25, 0.3) is 0 Å². The number of benzene rings is 2. The van der Waals surface area contributed by atoms with E-state index in [0.29, 0.717) is 0 Å². The molecule has 1 N–H and O–H groups in total. The molecule has 0 bridgehead atoms. The van der Waals surface area contributed by atoms with Crippen molar-refractivity contribution >= 4 is 15.9 Å². The first-order valence-electron chi connectivity index (χ1n) is 8.83. The number of rotatable bonds is 9. The Kier molecular flexibility index (Phi) is 7.53. The number of ether oxygens (including phenoxy) is 1. The third-order valence-electron chi connectivity index (χ3n) is 4.08. The number of nitrogens with zero attached hydrogens (tertiary/aromatic N) is 1. The fourth-order valence-electron chi connectivity index (χ4n) is 2.56. The van der Waals surface area contributed by atoms with Crippen LogP contribution >= 0.6 is 0 Å². The van der Waals surface area contributed by atoms with Crippen molar-refractivity contribution in [1.29, 1.82) is 0 Å². The minimum Gasteiger partial charge on any atom is -0.491 e. The van der Waals surface area contributed by atoms with Gasteiger partial charge in [0.2, 0.25) is 15.9 Å². The van der Waals surface area contributed by atoms with Gasteiger partial charge in [0.25, 0.3) is 0 Å². The highest BCUT2D eigenvalue weighted by Gasteiger charge is 2.22. The van der Waals surface area contributed by atoms with Crippen LogP contribution in [-0.2, 0) is 21.4 Å². The van der Waals surface area contributed by atoms with Gasteiger partial charge in [-0.2, -0.15) is 4.31 Å². The summed E-state index contributed by atoms with van der Waals surface area (Å²) >= 11 is 0. The van der Waals surface area contributed by atoms with Gasteiger partial charge in [0.05, 0.1) is 18.8 Å². The van der Waals surface area contributed by atoms with E-state index in [9.17, 15) is 17.6 Å². The minimum atomic E-state index is -3.70. The molecule has 0 fully saturated rings. The number of aryl methyl sites for hydroxylation is 1. The molecule has 0 aliphatic carbocycles. The van der Waals surface area contributed by atoms with Crippen molar-refractivity contribution in [3.05, 3.63) is 65.5 Å². The first kappa shape index (κ1) is 21.8. The third kappa shape index (κ3) is 6.61. The molecule has 0 radical (unpaired) electrons. The average Bonchev–Trinajstić information content (AvgIpc) is 2.61. The Morgan fingerprint density at radius 2 is 1.82 bits per heavy atom. The highest BCUT2D eigenvalue weighted by atomic mass is 32.2. The van der Waals surface area contributed by atoms with Crippen LogP contribution in [0.3, 0.4) is 0 Å². The predicted octanol–water partition coefficient (Wildman–Crippen LogP) is 2.48. The lowest BCUT2D eigenvalue weighted by atomic mass is 10.2. The van der Waals surface area contributed by atoms with Crippen molar-refractivity contribution in [3.8, 4) is 5.75 Å². The normalized spacial score (nSPS) is 12.6. The molecule has 28 heavy (non-hydrogen) atoms. The zero-order chi connectivity index (χ0) is 20.7. The number of nitrogens with one attached hydrogen (secondary N) is 1. The van der Waals surface area contributed by atoms with Crippen molar-refractivity contribution in [3.63, 3.8) is 0 Å². The Hall–Kier alpha value is -2.45. The number of halogens is 1. The Balaban J connectivity index is 1.94. The number of para-hydroxylation sites is 1. The molecule has 8 heteroatoms. The van der Waals surface area contributed by atoms with E-state index in [-0.39, 0.29) is 24.8 Å². The molecule has 6 nitrogen and oxygen atoms in total. The van der Waals surface area contributed by atoms with Crippen molar-refractivity contribution in [2.45, 2.75) is 26.4 Å². The van der Waals surface area contributed by atoms with E-state index in [1.165, 1.54) is 18.2 Å². The summed E-state index contributed by atoms with van der Waals surface area (Å²) in [5, 5.41) is 2.71. The molecule has 0 aromatic heterocycles. The summed E-state index contributed by atoms with van der Waals surface area (Å²) in [5.41, 5.74) is 1.19. The summed E-state index contributed by atoms with van der Waals surface area (Å²) in [6, 6.07) is 13.1. The van der Waals surface area contributed by atoms with Crippen LogP contribution in [0.2, 0.25) is 0 Å². The van der Waals surface area contributed by atoms with Crippen LogP contribution < -0.4 is 10.1 Å². The molecule has 0 aliphatic rings. The highest BCUT2D eigenvalue weighted by molar-refractivity contribution is 7.88. The molecular weight excluding hydrogens is 383 g/mol. The smallest absolute Gasteiger partial charge is 0.235 e. The van der Waals surface area contributed by atoms with Crippen LogP contribution in [0.1, 0.15) is 18.1 Å². The van der Waals surface area contributed by atoms with E-state index in [4.69, 9.17) is 4.74 Å². The van der Waals surface area contributed by atoms with Crippen molar-refractivity contribution in [1.82, 2.24) is 9.62 Å². The second-order valence-electron chi connectivity index (χ2n) is 6.67. The van der Waals surface area contributed by atoms with Gasteiger partial charge in [-0.1, -0.05) is 36.4 Å². The number of sulfonamides is 1. The molecule has 0 aliphatic heterocycles. The predicted molar refractivity (Wildman–Crippen MR) is 106 cm³/mol. The molecular formula is C20H25FN2O4S. The number of hydrogen-bond acceptors (Lipinski definition) is 4. The Morgan fingerprint density at radius 1 is 1.18 bits per heavy atom. The van der Waals surface area contributed by atoms with Gasteiger partial charge < -0.3 is 10.1 Å². The molecule has 2 aromatic rings. The summed E-state index contributed by atoms with van der Waals surface area (Å²) in [4.78, 5) is 12.3. The van der Waals surface area contributed by atoms with Crippen LogP contribution in [0.5, 0.6) is 5.75 Å². The van der Waals surface area contributed by atoms with Crippen LogP contribution in [0.4, 0.5) is 4.39 Å². The van der Waals surface area contributed by atoms with Gasteiger partial charge in [0, 0.05) is 12.1 Å². The van der Waals surface area contributed by atoms with E-state index >= 15 is 0 Å². The average molecular weight is 408 g/mol. The quantitative estimate of drug-likeness (QED) is 0.692. The maximum Gasteiger partial charge on any atom is 0.235 e. The lowest BCUT2D eigenvalue weighted by Gasteiger charge is -2.22. The number of carbonyl (C=O) groups excluding carboxylic acids is 1. The summed E-state index contributed by atoms with van der Waals surface area (Å²) < 4.78 is 44.5. The third-order valence-corrected chi connectivity index (χ3v) is 5.28. The molecule has 0 saturated carbocycles. The molecule has 0 spiro atoms. The van der Waals surface area contributed by atoms with Gasteiger partial charge in [0.15, 0.2) is 0 Å². The first-order chi connectivity index (χ1) is 13.2. The number of amides is 1. The fraction of sp³-hybridized carbons (Fsp3) is 0.350. The van der Waals surface area contributed by atoms with Crippen LogP contribution in [0, 0.1) is 12.7 Å². The zero-order valence-corrected chi connectivity index (χ0v) is 17.0. The first-order valence-corrected chi connectivity index (χ1v) is 10.7. The SMILES string of the molecule is Cc1ccccc1OC[C@@H](C)NC(=O)CN(Cc1ccccc1F)S(C)(=O)=O. The molecule has 2 aromatic carbocycles. The fourth-order valence-corrected chi connectivity index (χ4v) is 3.29. The molecule has 1 amide bonds. The lowest BCUT2D eigenvalue weighted by Crippen LogP contribution is -2.44. The molecule has 0 unspecified atom stereocenters. The summed E-state index contributed by atoms with van der Waals surface area (Å²) in [6.07, 6.45) is 0.992. The molecule has 0 saturated heterocycles. The van der Waals surface area contributed by atoms with E-state index in [2.05, 4.69) is 5.32 Å². The molecule has 2 rings (SSSR count). The monoisotopic (exact) mass is 408 g/mol. The van der Waals surface area contributed by atoms with Gasteiger partial charge in [-0.3, -0.25) is 4.79 Å². The van der Waals surface area contributed by atoms with E-state index in [1.54, 1.807) is 13.0 Å². The summed E-state index contributed by atoms with van der Waals surface area (Å²) in [7, 11) is -3.70. The van der Waals surface area contributed by atoms with Crippen molar-refractivity contribution in [2.24, 2.45) is 0 Å². The maximum atomic E-state index is 13.8. The lowest BCUT2D eigenvalue weighted by molar-refractivity contribution is -0.122. The van der Waals surface area contributed by atoms with E-state index in [1.807, 2.05) is 31.2 Å². The van der Waals surface area contributed by atoms with Crippen molar-refractivity contribution in [2.75, 3.05) is 19.4 Å². The van der Waals surface area contributed by atoms with Gasteiger partial charge in [-0.05, 0) is 31.5 Å². The van der Waals surface area contributed by atoms with E-state index in [0.717, 1.165) is 21.9 Å². The van der Waals surface area contributed by atoms with Gasteiger partial charge in [-0.25, -0.2) is 12.8 Å². The second kappa shape index (κ2) is 9.66. The molecule has 1 atom stereocenters. The summed E-state index contributed by atoms with van der Waals surface area (Å²) in [5.74, 6) is -0.278. The maximum absolute atomic E-state index is 13.8. The summed E-state index contributed by atoms with van der Waals surface area (Å²) in [6.45, 7) is 3.31. The molecule has 0 heterocycles. The zero-order valence-electron chi connectivity index (χ0n) is 16.2. The Morgan fingerprint density at radius 3 is 2.46 bits per heavy atom. The Labute approximate surface area is 165 Å². The standard InChI is InChI=1S/C20H25FN2O4S/c1-15-8-4-7-11-19(15)27-14-16(2)22-20(24)13-23(28(3,25)26)12-17-9-5-6-10-18(17)21/h4-11,16H,12-14H2,1-3H3,(H,22,24)/t16-/m1/s1. The Bertz CT molecular complexity index is 918. The van der Waals surface area contributed by atoms with Gasteiger partial charge >= 0.3 is 0 Å². The topological polar surface area (TPSA) is 75.7 Å². The van der Waals surface area contributed by atoms with Crippen LogP contribution in [0.15, 0.2) is 48.5 Å². The highest BCUT2D eigenvalue weighted by Crippen LogP contribution is 2.16. The number of hydrogen-bond donors (Lipinski definition) is 1. The van der Waals surface area contributed by atoms with Crippen LogP contribution in [-0.4, -0.2) is 44.1 Å². The van der Waals surface area contributed by atoms with Gasteiger partial charge in [-0.15, -0.1) is 0 Å². The second-order valence-corrected chi connectivity index (χ2v) is 8.65. The largest absolute Gasteiger partial charge is 0.491 e. The minimum absolute atomic E-state index is 0.205. The van der Waals surface area contributed by atoms with Crippen molar-refractivity contribution < 1.29 is 22.3 Å².